The second-order valence-electron chi connectivity index (χ2n) is 7.53. The molecule has 1 saturated heterocycles. The van der Waals surface area contributed by atoms with Crippen LogP contribution in [-0.2, 0) is 6.42 Å². The number of aromatic nitrogens is 3. The number of hydrogen-bond donors (Lipinski definition) is 2. The van der Waals surface area contributed by atoms with Gasteiger partial charge in [0.2, 0.25) is 0 Å². The summed E-state index contributed by atoms with van der Waals surface area (Å²) >= 11 is 0. The number of anilines is 1. The Morgan fingerprint density at radius 1 is 1.18 bits per heavy atom. The van der Waals surface area contributed by atoms with E-state index in [9.17, 15) is 5.26 Å². The van der Waals surface area contributed by atoms with Gasteiger partial charge in [-0.3, -0.25) is 0 Å². The first-order valence-electron chi connectivity index (χ1n) is 9.52. The highest BCUT2D eigenvalue weighted by molar-refractivity contribution is 5.79. The van der Waals surface area contributed by atoms with E-state index < -0.39 is 0 Å². The van der Waals surface area contributed by atoms with E-state index in [1.165, 1.54) is 0 Å². The molecule has 0 saturated carbocycles. The van der Waals surface area contributed by atoms with Crippen molar-refractivity contribution in [3.63, 3.8) is 0 Å². The van der Waals surface area contributed by atoms with Gasteiger partial charge in [0.15, 0.2) is 5.82 Å². The largest absolute Gasteiger partial charge is 0.383 e. The van der Waals surface area contributed by atoms with Crippen LogP contribution in [0.25, 0.3) is 22.5 Å². The number of rotatable bonds is 2. The van der Waals surface area contributed by atoms with Crippen LogP contribution in [0, 0.1) is 18.3 Å². The summed E-state index contributed by atoms with van der Waals surface area (Å²) in [7, 11) is 0. The summed E-state index contributed by atoms with van der Waals surface area (Å²) in [5.74, 6) is 0.968. The van der Waals surface area contributed by atoms with Crippen molar-refractivity contribution in [3.8, 4) is 28.6 Å². The van der Waals surface area contributed by atoms with Gasteiger partial charge in [0.1, 0.15) is 17.5 Å². The zero-order valence-corrected chi connectivity index (χ0v) is 15.6. The molecule has 2 aliphatic heterocycles. The number of nitrogens with one attached hydrogen (secondary N) is 1. The third-order valence-electron chi connectivity index (χ3n) is 5.81. The number of pyridine rings is 1. The third kappa shape index (κ3) is 2.55. The highest BCUT2D eigenvalue weighted by Crippen LogP contribution is 2.43. The van der Waals surface area contributed by atoms with E-state index in [4.69, 9.17) is 5.73 Å². The molecular formula is C22H20N6. The maximum Gasteiger partial charge on any atom is 0.159 e. The summed E-state index contributed by atoms with van der Waals surface area (Å²) < 4.78 is 0. The van der Waals surface area contributed by atoms with Gasteiger partial charge in [-0.05, 0) is 25.3 Å². The Kier molecular flexibility index (Phi) is 3.85. The highest BCUT2D eigenvalue weighted by atomic mass is 15.0. The Morgan fingerprint density at radius 2 is 1.96 bits per heavy atom. The molecule has 6 nitrogen and oxygen atoms in total. The number of fused-ring (bicyclic) bond motifs is 4. The highest BCUT2D eigenvalue weighted by Gasteiger charge is 2.36. The molecule has 1 fully saturated rings. The van der Waals surface area contributed by atoms with E-state index in [-0.39, 0.29) is 6.04 Å². The molecule has 2 aromatic heterocycles. The minimum absolute atomic E-state index is 0.208. The van der Waals surface area contributed by atoms with Crippen molar-refractivity contribution in [1.82, 2.24) is 20.3 Å². The fourth-order valence-corrected chi connectivity index (χ4v) is 4.47. The molecule has 28 heavy (non-hydrogen) atoms. The van der Waals surface area contributed by atoms with Gasteiger partial charge < -0.3 is 11.1 Å². The normalized spacial score (nSPS) is 19.9. The standard InChI is InChI=1S/C22H20N6/c1-12-4-2-3-5-15(12)22-25-10-13(11-26-22)19-16(9-23)21(24)28-18-8-14-6-7-17(27-14)20(18)19/h2-5,10-11,14,17,27H,6-8H2,1H3,(H2,24,28)/t14-,17+/m0/s1. The monoisotopic (exact) mass is 368 g/mol. The van der Waals surface area contributed by atoms with Gasteiger partial charge >= 0.3 is 0 Å². The van der Waals surface area contributed by atoms with Crippen LogP contribution in [0.1, 0.15) is 41.3 Å². The van der Waals surface area contributed by atoms with Crippen LogP contribution in [0.5, 0.6) is 0 Å². The zero-order chi connectivity index (χ0) is 19.3. The van der Waals surface area contributed by atoms with Gasteiger partial charge in [-0.15, -0.1) is 0 Å². The summed E-state index contributed by atoms with van der Waals surface area (Å²) in [6.45, 7) is 2.04. The van der Waals surface area contributed by atoms with E-state index in [2.05, 4.69) is 26.3 Å². The van der Waals surface area contributed by atoms with Gasteiger partial charge in [-0.2, -0.15) is 5.26 Å². The number of nitriles is 1. The molecule has 6 heteroatoms. The summed E-state index contributed by atoms with van der Waals surface area (Å²) in [5, 5.41) is 13.4. The lowest BCUT2D eigenvalue weighted by Crippen LogP contribution is -2.33. The predicted octanol–water partition coefficient (Wildman–Crippen LogP) is 3.32. The van der Waals surface area contributed by atoms with E-state index in [1.54, 1.807) is 12.4 Å². The van der Waals surface area contributed by atoms with Crippen molar-refractivity contribution in [2.45, 2.75) is 38.3 Å². The molecule has 2 atom stereocenters. The average molecular weight is 368 g/mol. The number of benzene rings is 1. The molecule has 0 spiro atoms. The summed E-state index contributed by atoms with van der Waals surface area (Å²) in [6.07, 6.45) is 6.60. The fourth-order valence-electron chi connectivity index (χ4n) is 4.47. The SMILES string of the molecule is Cc1ccccc1-c1ncc(-c2c(C#N)c(N)nc3c2[C@H]2CC[C@@H](C3)N2)cn1. The molecule has 0 radical (unpaired) electrons. The Labute approximate surface area is 163 Å². The number of nitrogens with zero attached hydrogens (tertiary/aromatic N) is 4. The molecule has 0 unspecified atom stereocenters. The smallest absolute Gasteiger partial charge is 0.159 e. The van der Waals surface area contributed by atoms with Gasteiger partial charge in [0.05, 0.1) is 0 Å². The van der Waals surface area contributed by atoms with Crippen molar-refractivity contribution < 1.29 is 0 Å². The number of nitrogens with two attached hydrogens (primary N) is 1. The zero-order valence-electron chi connectivity index (χ0n) is 15.6. The minimum atomic E-state index is 0.208. The third-order valence-corrected chi connectivity index (χ3v) is 5.81. The van der Waals surface area contributed by atoms with Crippen LogP contribution < -0.4 is 11.1 Å². The number of aryl methyl sites for hydroxylation is 1. The Morgan fingerprint density at radius 3 is 2.71 bits per heavy atom. The average Bonchev–Trinajstić information content (AvgIpc) is 3.09. The molecule has 3 aromatic rings. The molecule has 0 aliphatic carbocycles. The maximum atomic E-state index is 9.77. The summed E-state index contributed by atoms with van der Waals surface area (Å²) in [6, 6.07) is 11.0. The van der Waals surface area contributed by atoms with Gasteiger partial charge in [-0.25, -0.2) is 15.0 Å². The second-order valence-corrected chi connectivity index (χ2v) is 7.53. The lowest BCUT2D eigenvalue weighted by molar-refractivity contribution is 0.508. The van der Waals surface area contributed by atoms with E-state index in [0.29, 0.717) is 23.2 Å². The quantitative estimate of drug-likeness (QED) is 0.720. The molecule has 2 bridgehead atoms. The molecule has 4 heterocycles. The van der Waals surface area contributed by atoms with Crippen LogP contribution in [0.4, 0.5) is 5.82 Å². The summed E-state index contributed by atoms with van der Waals surface area (Å²) in [4.78, 5) is 13.8. The second kappa shape index (κ2) is 6.39. The molecule has 0 amide bonds. The molecular weight excluding hydrogens is 348 g/mol. The lowest BCUT2D eigenvalue weighted by Gasteiger charge is -2.27. The van der Waals surface area contributed by atoms with Crippen molar-refractivity contribution in [2.24, 2.45) is 0 Å². The van der Waals surface area contributed by atoms with Gasteiger partial charge in [0.25, 0.3) is 0 Å². The van der Waals surface area contributed by atoms with Crippen molar-refractivity contribution in [1.29, 1.82) is 5.26 Å². The molecule has 2 aliphatic rings. The van der Waals surface area contributed by atoms with Crippen molar-refractivity contribution in [3.05, 3.63) is 59.0 Å². The first kappa shape index (κ1) is 16.8. The van der Waals surface area contributed by atoms with E-state index in [1.807, 2.05) is 31.2 Å². The topological polar surface area (TPSA) is 101 Å². The first-order valence-corrected chi connectivity index (χ1v) is 9.52. The fraction of sp³-hybridized carbons (Fsp3) is 0.273. The molecule has 138 valence electrons. The first-order chi connectivity index (χ1) is 13.7. The van der Waals surface area contributed by atoms with E-state index >= 15 is 0 Å². The van der Waals surface area contributed by atoms with Crippen LogP contribution in [0.3, 0.4) is 0 Å². The molecule has 1 aromatic carbocycles. The van der Waals surface area contributed by atoms with Crippen molar-refractivity contribution >= 4 is 5.82 Å². The van der Waals surface area contributed by atoms with Crippen LogP contribution in [0.15, 0.2) is 36.7 Å². The van der Waals surface area contributed by atoms with Gasteiger partial charge in [0, 0.05) is 58.8 Å². The maximum absolute atomic E-state index is 9.77. The van der Waals surface area contributed by atoms with Crippen molar-refractivity contribution in [2.75, 3.05) is 5.73 Å². The molecule has 5 rings (SSSR count). The van der Waals surface area contributed by atoms with Crippen LogP contribution in [0.2, 0.25) is 0 Å². The van der Waals surface area contributed by atoms with Crippen LogP contribution in [-0.4, -0.2) is 21.0 Å². The number of hydrogen-bond acceptors (Lipinski definition) is 6. The lowest BCUT2D eigenvalue weighted by atomic mass is 9.89. The molecule has 3 N–H and O–H groups in total. The van der Waals surface area contributed by atoms with Gasteiger partial charge in [-0.1, -0.05) is 24.3 Å². The Balaban J connectivity index is 1.67. The minimum Gasteiger partial charge on any atom is -0.383 e. The van der Waals surface area contributed by atoms with Crippen LogP contribution >= 0.6 is 0 Å². The Bertz CT molecular complexity index is 1110. The van der Waals surface area contributed by atoms with E-state index in [0.717, 1.165) is 52.8 Å². The summed E-state index contributed by atoms with van der Waals surface area (Å²) in [5.41, 5.74) is 12.4. The predicted molar refractivity (Wildman–Crippen MR) is 107 cm³/mol. The number of nitrogen functional groups attached to an aromatic ring is 1. The Hall–Kier alpha value is -3.30.